The zero-order valence-electron chi connectivity index (χ0n) is 15.9. The number of carboxylic acids is 1. The second-order valence-electron chi connectivity index (χ2n) is 7.40. The maximum Gasteiger partial charge on any atom is 0.308 e. The first-order valence-corrected chi connectivity index (χ1v) is 10.6. The molecule has 4 N–H and O–H groups in total. The fourth-order valence-electron chi connectivity index (χ4n) is 3.80. The Kier molecular flexibility index (Phi) is 6.15. The fourth-order valence-corrected chi connectivity index (χ4v) is 4.11. The van der Waals surface area contributed by atoms with Gasteiger partial charge in [0.1, 0.15) is 17.7 Å². The van der Waals surface area contributed by atoms with Gasteiger partial charge in [-0.05, 0) is 66.0 Å². The van der Waals surface area contributed by atoms with Crippen molar-refractivity contribution in [3.05, 3.63) is 34.9 Å². The summed E-state index contributed by atoms with van der Waals surface area (Å²) < 4.78 is 6.64. The highest BCUT2D eigenvalue weighted by Crippen LogP contribution is 2.31. The number of nitrogens with zero attached hydrogens (tertiary/aromatic N) is 2. The summed E-state index contributed by atoms with van der Waals surface area (Å²) in [4.78, 5) is 20.2. The van der Waals surface area contributed by atoms with Crippen LogP contribution in [0.2, 0.25) is 0 Å². The van der Waals surface area contributed by atoms with Crippen LogP contribution in [0.25, 0.3) is 0 Å². The van der Waals surface area contributed by atoms with Crippen LogP contribution in [-0.2, 0) is 4.79 Å². The molecule has 0 spiro atoms. The molecule has 8 nitrogen and oxygen atoms in total. The van der Waals surface area contributed by atoms with E-state index in [0.29, 0.717) is 22.7 Å². The normalized spacial score (nSPS) is 23.7. The minimum absolute atomic E-state index is 0.131. The molecule has 154 valence electrons. The second-order valence-corrected chi connectivity index (χ2v) is 8.25. The second kappa shape index (κ2) is 8.96. The van der Waals surface area contributed by atoms with Crippen molar-refractivity contribution in [3.8, 4) is 5.75 Å². The summed E-state index contributed by atoms with van der Waals surface area (Å²) in [5, 5.41) is 19.1. The third-order valence-electron chi connectivity index (χ3n) is 5.33. The number of halogens is 1. The van der Waals surface area contributed by atoms with E-state index < -0.39 is 11.9 Å². The average molecular weight is 462 g/mol. The minimum atomic E-state index is -0.765. The van der Waals surface area contributed by atoms with E-state index >= 15 is 0 Å². The lowest BCUT2D eigenvalue weighted by atomic mass is 10.0. The number of rotatable bonds is 7. The molecule has 2 aliphatic rings. The number of ether oxygens (including phenoxy) is 1. The summed E-state index contributed by atoms with van der Waals surface area (Å²) in [5.74, 6) is 0.711. The Morgan fingerprint density at radius 2 is 2.07 bits per heavy atom. The first kappa shape index (κ1) is 19.9. The Morgan fingerprint density at radius 3 is 2.79 bits per heavy atom. The number of hydrogen-bond acceptors (Lipinski definition) is 7. The van der Waals surface area contributed by atoms with Crippen LogP contribution < -0.4 is 20.7 Å². The van der Waals surface area contributed by atoms with Crippen molar-refractivity contribution in [1.82, 2.24) is 15.3 Å². The van der Waals surface area contributed by atoms with Gasteiger partial charge < -0.3 is 25.8 Å². The molecule has 29 heavy (non-hydrogen) atoms. The number of aliphatic carboxylic acids is 1. The van der Waals surface area contributed by atoms with Crippen molar-refractivity contribution in [1.29, 1.82) is 0 Å². The standard InChI is InChI=1S/C20H24BrN5O3/c21-16-11-23-20(26-18(16)25-17-3-1-2-15(17)19(27)28)24-12-4-6-13(7-5-12)29-14-8-9-22-10-14/h4-7,11,14-15,17,22H,1-3,8-10H2,(H,27,28)(H2,23,24,25,26)/t14-,15-,17+/m0/s1. The predicted octanol–water partition coefficient (Wildman–Crippen LogP) is 3.39. The highest BCUT2D eigenvalue weighted by atomic mass is 79.9. The lowest BCUT2D eigenvalue weighted by Gasteiger charge is -2.19. The molecular weight excluding hydrogens is 438 g/mol. The van der Waals surface area contributed by atoms with Gasteiger partial charge >= 0.3 is 5.97 Å². The predicted molar refractivity (Wildman–Crippen MR) is 114 cm³/mol. The van der Waals surface area contributed by atoms with E-state index in [1.165, 1.54) is 0 Å². The van der Waals surface area contributed by atoms with E-state index in [-0.39, 0.29) is 12.1 Å². The molecule has 2 fully saturated rings. The van der Waals surface area contributed by atoms with E-state index in [0.717, 1.165) is 43.8 Å². The summed E-state index contributed by atoms with van der Waals surface area (Å²) in [6.07, 6.45) is 5.30. The molecular formula is C20H24BrN5O3. The number of carboxylic acid groups (broad SMARTS) is 1. The Labute approximate surface area is 177 Å². The largest absolute Gasteiger partial charge is 0.489 e. The molecule has 0 unspecified atom stereocenters. The molecule has 9 heteroatoms. The average Bonchev–Trinajstić information content (AvgIpc) is 3.38. The Bertz CT molecular complexity index is 858. The molecule has 1 aliphatic carbocycles. The molecule has 1 aromatic carbocycles. The molecule has 2 aromatic rings. The lowest BCUT2D eigenvalue weighted by Crippen LogP contribution is -2.30. The number of aromatic nitrogens is 2. The number of anilines is 3. The molecule has 1 saturated carbocycles. The van der Waals surface area contributed by atoms with E-state index in [9.17, 15) is 9.90 Å². The van der Waals surface area contributed by atoms with Crippen LogP contribution in [0.3, 0.4) is 0 Å². The van der Waals surface area contributed by atoms with E-state index in [1.807, 2.05) is 24.3 Å². The van der Waals surface area contributed by atoms with Crippen molar-refractivity contribution >= 4 is 39.4 Å². The summed E-state index contributed by atoms with van der Waals surface area (Å²) in [6.45, 7) is 1.88. The quantitative estimate of drug-likeness (QED) is 0.496. The van der Waals surface area contributed by atoms with Crippen LogP contribution in [0.1, 0.15) is 25.7 Å². The van der Waals surface area contributed by atoms with E-state index in [2.05, 4.69) is 41.8 Å². The van der Waals surface area contributed by atoms with Crippen LogP contribution in [0, 0.1) is 5.92 Å². The third-order valence-corrected chi connectivity index (χ3v) is 5.91. The first-order chi connectivity index (χ1) is 14.1. The zero-order valence-corrected chi connectivity index (χ0v) is 17.5. The number of nitrogens with one attached hydrogen (secondary N) is 3. The molecule has 4 rings (SSSR count). The molecule has 0 bridgehead atoms. The minimum Gasteiger partial charge on any atom is -0.489 e. The van der Waals surface area contributed by atoms with Gasteiger partial charge in [0.15, 0.2) is 0 Å². The van der Waals surface area contributed by atoms with Gasteiger partial charge in [0.2, 0.25) is 5.95 Å². The van der Waals surface area contributed by atoms with Crippen LogP contribution in [0.4, 0.5) is 17.5 Å². The SMILES string of the molecule is O=C(O)[C@H]1CCC[C@H]1Nc1nc(Nc2ccc(O[C@H]3CCNC3)cc2)ncc1Br. The van der Waals surface area contributed by atoms with Gasteiger partial charge in [-0.25, -0.2) is 4.98 Å². The van der Waals surface area contributed by atoms with Gasteiger partial charge in [0.05, 0.1) is 10.4 Å². The van der Waals surface area contributed by atoms with Gasteiger partial charge in [0.25, 0.3) is 0 Å². The molecule has 1 aliphatic heterocycles. The number of hydrogen-bond donors (Lipinski definition) is 4. The third kappa shape index (κ3) is 4.97. The maximum absolute atomic E-state index is 11.4. The van der Waals surface area contributed by atoms with Crippen molar-refractivity contribution in [2.24, 2.45) is 5.92 Å². The molecule has 1 aromatic heterocycles. The first-order valence-electron chi connectivity index (χ1n) is 9.85. The fraction of sp³-hybridized carbons (Fsp3) is 0.450. The van der Waals surface area contributed by atoms with E-state index in [4.69, 9.17) is 4.74 Å². The van der Waals surface area contributed by atoms with Crippen LogP contribution in [0.15, 0.2) is 34.9 Å². The Morgan fingerprint density at radius 1 is 1.24 bits per heavy atom. The molecule has 3 atom stereocenters. The van der Waals surface area contributed by atoms with Crippen LogP contribution >= 0.6 is 15.9 Å². The van der Waals surface area contributed by atoms with Crippen molar-refractivity contribution < 1.29 is 14.6 Å². The van der Waals surface area contributed by atoms with Gasteiger partial charge in [-0.15, -0.1) is 0 Å². The van der Waals surface area contributed by atoms with Crippen LogP contribution in [-0.4, -0.2) is 46.3 Å². The highest BCUT2D eigenvalue weighted by Gasteiger charge is 2.33. The maximum atomic E-state index is 11.4. The van der Waals surface area contributed by atoms with Crippen molar-refractivity contribution in [2.45, 2.75) is 37.8 Å². The summed E-state index contributed by atoms with van der Waals surface area (Å²) >= 11 is 3.45. The zero-order chi connectivity index (χ0) is 20.2. The van der Waals surface area contributed by atoms with Crippen LogP contribution in [0.5, 0.6) is 5.75 Å². The molecule has 1 saturated heterocycles. The molecule has 0 radical (unpaired) electrons. The summed E-state index contributed by atoms with van der Waals surface area (Å²) in [7, 11) is 0. The summed E-state index contributed by atoms with van der Waals surface area (Å²) in [6, 6.07) is 7.57. The lowest BCUT2D eigenvalue weighted by molar-refractivity contribution is -0.141. The topological polar surface area (TPSA) is 108 Å². The Balaban J connectivity index is 1.41. The Hall–Kier alpha value is -2.39. The van der Waals surface area contributed by atoms with Gasteiger partial charge in [-0.1, -0.05) is 6.42 Å². The summed E-state index contributed by atoms with van der Waals surface area (Å²) in [5.41, 5.74) is 0.847. The monoisotopic (exact) mass is 461 g/mol. The van der Waals surface area contributed by atoms with E-state index in [1.54, 1.807) is 6.20 Å². The van der Waals surface area contributed by atoms with Gasteiger partial charge in [-0.2, -0.15) is 4.98 Å². The van der Waals surface area contributed by atoms with Crippen molar-refractivity contribution in [2.75, 3.05) is 23.7 Å². The molecule has 0 amide bonds. The smallest absolute Gasteiger partial charge is 0.308 e. The van der Waals surface area contributed by atoms with Gasteiger partial charge in [0, 0.05) is 24.5 Å². The number of benzene rings is 1. The molecule has 2 heterocycles. The van der Waals surface area contributed by atoms with Crippen molar-refractivity contribution in [3.63, 3.8) is 0 Å². The highest BCUT2D eigenvalue weighted by molar-refractivity contribution is 9.10. The number of carbonyl (C=O) groups is 1. The van der Waals surface area contributed by atoms with Gasteiger partial charge in [-0.3, -0.25) is 4.79 Å².